The Balaban J connectivity index is 4.02. The maximum absolute atomic E-state index is 11.0. The van der Waals surface area contributed by atoms with E-state index in [4.69, 9.17) is 0 Å². The van der Waals surface area contributed by atoms with Crippen LogP contribution >= 0.6 is 0 Å². The Morgan fingerprint density at radius 2 is 2.17 bits per heavy atom. The van der Waals surface area contributed by atoms with Gasteiger partial charge in [-0.15, -0.1) is 5.06 Å². The first-order valence-electron chi connectivity index (χ1n) is 3.75. The van der Waals surface area contributed by atoms with Gasteiger partial charge in [-0.1, -0.05) is 13.5 Å². The molecule has 0 aromatic rings. The van der Waals surface area contributed by atoms with Gasteiger partial charge in [0.2, 0.25) is 0 Å². The summed E-state index contributed by atoms with van der Waals surface area (Å²) < 4.78 is 0. The molecule has 0 bridgehead atoms. The number of hydrogen-bond donors (Lipinski definition) is 1. The molecule has 0 fully saturated rings. The largest absolute Gasteiger partial charge is 0.388 e. The van der Waals surface area contributed by atoms with Gasteiger partial charge in [0, 0.05) is 14.1 Å². The first-order valence-corrected chi connectivity index (χ1v) is 3.75. The molecule has 1 unspecified atom stereocenters. The molecule has 70 valence electrons. The van der Waals surface area contributed by atoms with Crippen molar-refractivity contribution in [1.29, 1.82) is 0 Å². The second-order valence-corrected chi connectivity index (χ2v) is 2.64. The molecule has 0 aromatic heterocycles. The van der Waals surface area contributed by atoms with Gasteiger partial charge < -0.3 is 9.94 Å². The van der Waals surface area contributed by atoms with Gasteiger partial charge >= 0.3 is 5.97 Å². The van der Waals surface area contributed by atoms with Crippen LogP contribution in [0.1, 0.15) is 13.3 Å². The van der Waals surface area contributed by atoms with Crippen LogP contribution in [0.2, 0.25) is 0 Å². The van der Waals surface area contributed by atoms with E-state index in [0.717, 1.165) is 0 Å². The van der Waals surface area contributed by atoms with Crippen molar-refractivity contribution in [1.82, 2.24) is 5.06 Å². The molecule has 4 nitrogen and oxygen atoms in total. The Hall–Kier alpha value is -0.870. The lowest BCUT2D eigenvalue weighted by atomic mass is 10.1. The number of rotatable bonds is 4. The van der Waals surface area contributed by atoms with Gasteiger partial charge in [0.05, 0.1) is 11.7 Å². The summed E-state index contributed by atoms with van der Waals surface area (Å²) in [5.41, 5.74) is 0.0891. The second kappa shape index (κ2) is 4.90. The molecule has 4 heteroatoms. The van der Waals surface area contributed by atoms with Gasteiger partial charge in [0.25, 0.3) is 0 Å². The molecule has 0 aliphatic rings. The van der Waals surface area contributed by atoms with Gasteiger partial charge in [-0.05, 0) is 6.42 Å². The van der Waals surface area contributed by atoms with Crippen LogP contribution < -0.4 is 0 Å². The number of carbonyl (C=O) groups is 1. The van der Waals surface area contributed by atoms with Gasteiger partial charge in [-0.3, -0.25) is 0 Å². The minimum atomic E-state index is -0.808. The van der Waals surface area contributed by atoms with Gasteiger partial charge in [-0.2, -0.15) is 0 Å². The average Bonchev–Trinajstić information content (AvgIpc) is 2.00. The summed E-state index contributed by atoms with van der Waals surface area (Å²) in [6.07, 6.45) is -0.348. The highest BCUT2D eigenvalue weighted by atomic mass is 16.7. The quantitative estimate of drug-likeness (QED) is 0.492. The molecule has 1 atom stereocenters. The van der Waals surface area contributed by atoms with Gasteiger partial charge in [0.15, 0.2) is 0 Å². The molecule has 0 heterocycles. The van der Waals surface area contributed by atoms with E-state index >= 15 is 0 Å². The number of nitrogens with zero attached hydrogens (tertiary/aromatic N) is 1. The molecule has 0 saturated heterocycles. The monoisotopic (exact) mass is 173 g/mol. The Bertz CT molecular complexity index is 177. The molecule has 0 radical (unpaired) electrons. The van der Waals surface area contributed by atoms with Crippen molar-refractivity contribution < 1.29 is 14.7 Å². The summed E-state index contributed by atoms with van der Waals surface area (Å²) in [5.74, 6) is -0.589. The molecule has 0 saturated carbocycles. The molecule has 12 heavy (non-hydrogen) atoms. The van der Waals surface area contributed by atoms with Crippen LogP contribution in [0.3, 0.4) is 0 Å². The van der Waals surface area contributed by atoms with Crippen molar-refractivity contribution in [3.05, 3.63) is 12.2 Å². The van der Waals surface area contributed by atoms with Crippen molar-refractivity contribution in [2.75, 3.05) is 14.1 Å². The fourth-order valence-electron chi connectivity index (χ4n) is 0.607. The van der Waals surface area contributed by atoms with E-state index in [-0.39, 0.29) is 5.57 Å². The average molecular weight is 173 g/mol. The highest BCUT2D eigenvalue weighted by Crippen LogP contribution is 2.05. The van der Waals surface area contributed by atoms with E-state index in [2.05, 4.69) is 11.4 Å². The van der Waals surface area contributed by atoms with E-state index in [1.165, 1.54) is 5.06 Å². The fraction of sp³-hybridized carbons (Fsp3) is 0.625. The van der Waals surface area contributed by atoms with Crippen molar-refractivity contribution in [2.24, 2.45) is 0 Å². The number of hydroxylamine groups is 2. The lowest BCUT2D eigenvalue weighted by Crippen LogP contribution is -2.24. The van der Waals surface area contributed by atoms with Crippen LogP contribution in [0.25, 0.3) is 0 Å². The zero-order valence-electron chi connectivity index (χ0n) is 7.70. The van der Waals surface area contributed by atoms with Gasteiger partial charge in [-0.25, -0.2) is 4.79 Å². The molecule has 0 amide bonds. The topological polar surface area (TPSA) is 49.8 Å². The lowest BCUT2D eigenvalue weighted by Gasteiger charge is -2.13. The number of aliphatic hydroxyl groups is 1. The predicted octanol–water partition coefficient (Wildman–Crippen LogP) is 0.333. The van der Waals surface area contributed by atoms with Gasteiger partial charge in [0.1, 0.15) is 0 Å². The van der Waals surface area contributed by atoms with E-state index < -0.39 is 12.1 Å². The highest BCUT2D eigenvalue weighted by molar-refractivity contribution is 5.88. The summed E-state index contributed by atoms with van der Waals surface area (Å²) in [4.78, 5) is 15.7. The third-order valence-electron chi connectivity index (χ3n) is 1.32. The minimum Gasteiger partial charge on any atom is -0.388 e. The van der Waals surface area contributed by atoms with Crippen molar-refractivity contribution in [2.45, 2.75) is 19.4 Å². The number of hydrogen-bond acceptors (Lipinski definition) is 4. The minimum absolute atomic E-state index is 0.0891. The standard InChI is InChI=1S/C8H15NO3/c1-5-7(10)6(2)8(11)12-9(3)4/h7,10H,2,5H2,1,3-4H3. The Morgan fingerprint density at radius 3 is 2.50 bits per heavy atom. The summed E-state index contributed by atoms with van der Waals surface area (Å²) in [7, 11) is 3.17. The third-order valence-corrected chi connectivity index (χ3v) is 1.32. The zero-order valence-corrected chi connectivity index (χ0v) is 7.70. The third kappa shape index (κ3) is 3.50. The first-order chi connectivity index (χ1) is 5.49. The fourth-order valence-corrected chi connectivity index (χ4v) is 0.607. The molecule has 0 aliphatic heterocycles. The number of aliphatic hydroxyl groups excluding tert-OH is 1. The smallest absolute Gasteiger partial charge is 0.354 e. The predicted molar refractivity (Wildman–Crippen MR) is 45.2 cm³/mol. The van der Waals surface area contributed by atoms with Crippen molar-refractivity contribution in [3.8, 4) is 0 Å². The van der Waals surface area contributed by atoms with Crippen LogP contribution in [-0.2, 0) is 9.63 Å². The first kappa shape index (κ1) is 11.1. The van der Waals surface area contributed by atoms with Crippen molar-refractivity contribution in [3.63, 3.8) is 0 Å². The van der Waals surface area contributed by atoms with E-state index in [1.54, 1.807) is 21.0 Å². The van der Waals surface area contributed by atoms with Crippen LogP contribution in [0.4, 0.5) is 0 Å². The molecule has 0 aliphatic carbocycles. The lowest BCUT2D eigenvalue weighted by molar-refractivity contribution is -0.174. The Morgan fingerprint density at radius 1 is 1.67 bits per heavy atom. The molecule has 0 rings (SSSR count). The summed E-state index contributed by atoms with van der Waals surface area (Å²) in [6, 6.07) is 0. The SMILES string of the molecule is C=C(C(=O)ON(C)C)C(O)CC. The summed E-state index contributed by atoms with van der Waals surface area (Å²) in [6.45, 7) is 5.19. The number of carbonyl (C=O) groups excluding carboxylic acids is 1. The summed E-state index contributed by atoms with van der Waals surface area (Å²) >= 11 is 0. The molecule has 0 aromatic carbocycles. The van der Waals surface area contributed by atoms with E-state index in [0.29, 0.717) is 6.42 Å². The van der Waals surface area contributed by atoms with E-state index in [1.807, 2.05) is 0 Å². The Kier molecular flexibility index (Phi) is 4.54. The Labute approximate surface area is 72.4 Å². The summed E-state index contributed by atoms with van der Waals surface area (Å²) in [5, 5.41) is 10.5. The second-order valence-electron chi connectivity index (χ2n) is 2.64. The van der Waals surface area contributed by atoms with Crippen LogP contribution in [0.5, 0.6) is 0 Å². The maximum atomic E-state index is 11.0. The van der Waals surface area contributed by atoms with Crippen molar-refractivity contribution >= 4 is 5.97 Å². The molecular weight excluding hydrogens is 158 g/mol. The highest BCUT2D eigenvalue weighted by Gasteiger charge is 2.16. The van der Waals surface area contributed by atoms with Crippen LogP contribution in [-0.4, -0.2) is 36.3 Å². The molecule has 0 spiro atoms. The van der Waals surface area contributed by atoms with Crippen LogP contribution in [0, 0.1) is 0 Å². The van der Waals surface area contributed by atoms with Crippen LogP contribution in [0.15, 0.2) is 12.2 Å². The zero-order chi connectivity index (χ0) is 9.72. The molecule has 1 N–H and O–H groups in total. The molecular formula is C8H15NO3. The maximum Gasteiger partial charge on any atom is 0.354 e. The normalized spacial score (nSPS) is 12.8. The van der Waals surface area contributed by atoms with E-state index in [9.17, 15) is 9.90 Å².